The fourth-order valence-corrected chi connectivity index (χ4v) is 2.00. The van der Waals surface area contributed by atoms with Crippen LogP contribution in [0.1, 0.15) is 24.3 Å². The topological polar surface area (TPSA) is 38.3 Å². The summed E-state index contributed by atoms with van der Waals surface area (Å²) < 4.78 is 11.4. The number of rotatable bonds is 4. The van der Waals surface area contributed by atoms with Crippen molar-refractivity contribution in [3.63, 3.8) is 0 Å². The predicted octanol–water partition coefficient (Wildman–Crippen LogP) is 3.33. The van der Waals surface area contributed by atoms with Crippen molar-refractivity contribution in [2.45, 2.75) is 13.0 Å². The van der Waals surface area contributed by atoms with Crippen molar-refractivity contribution in [3.05, 3.63) is 46.7 Å². The standard InChI is InChI=1S/C11H12BrNO2/c1-2-13-10(9-4-3-6-14-9)8-5-7-15-11(8)12/h3-7,10,13H,2H2,1H3. The van der Waals surface area contributed by atoms with Crippen LogP contribution in [0.3, 0.4) is 0 Å². The van der Waals surface area contributed by atoms with E-state index in [1.807, 2.05) is 18.2 Å². The Morgan fingerprint density at radius 1 is 1.33 bits per heavy atom. The van der Waals surface area contributed by atoms with Crippen LogP contribution in [0.2, 0.25) is 0 Å². The molecule has 2 aromatic heterocycles. The molecule has 0 spiro atoms. The minimum Gasteiger partial charge on any atom is -0.467 e. The van der Waals surface area contributed by atoms with Crippen LogP contribution in [0.4, 0.5) is 0 Å². The van der Waals surface area contributed by atoms with Gasteiger partial charge in [-0.1, -0.05) is 6.92 Å². The first-order chi connectivity index (χ1) is 7.33. The molecule has 1 N–H and O–H groups in total. The van der Waals surface area contributed by atoms with Crippen LogP contribution in [0.15, 0.2) is 44.2 Å². The number of hydrogen-bond donors (Lipinski definition) is 1. The van der Waals surface area contributed by atoms with Crippen molar-refractivity contribution < 1.29 is 8.83 Å². The summed E-state index contributed by atoms with van der Waals surface area (Å²) in [6.45, 7) is 2.92. The van der Waals surface area contributed by atoms with E-state index in [-0.39, 0.29) is 6.04 Å². The summed E-state index contributed by atoms with van der Waals surface area (Å²) in [5.41, 5.74) is 1.05. The molecule has 1 atom stereocenters. The average Bonchev–Trinajstić information content (AvgIpc) is 2.85. The molecule has 4 heteroatoms. The van der Waals surface area contributed by atoms with Gasteiger partial charge in [-0.15, -0.1) is 0 Å². The lowest BCUT2D eigenvalue weighted by Gasteiger charge is -2.13. The first-order valence-corrected chi connectivity index (χ1v) is 5.62. The Balaban J connectivity index is 2.32. The molecule has 80 valence electrons. The van der Waals surface area contributed by atoms with Gasteiger partial charge in [-0.2, -0.15) is 0 Å². The Bertz CT molecular complexity index is 408. The van der Waals surface area contributed by atoms with E-state index in [9.17, 15) is 0 Å². The SMILES string of the molecule is CCNC(c1ccco1)c1ccoc1Br. The van der Waals surface area contributed by atoms with Crippen LogP contribution in [0.25, 0.3) is 0 Å². The average molecular weight is 270 g/mol. The van der Waals surface area contributed by atoms with Crippen molar-refractivity contribution in [2.75, 3.05) is 6.54 Å². The second-order valence-corrected chi connectivity index (χ2v) is 3.88. The lowest BCUT2D eigenvalue weighted by atomic mass is 10.1. The molecule has 0 radical (unpaired) electrons. The van der Waals surface area contributed by atoms with Crippen LogP contribution in [0.5, 0.6) is 0 Å². The third-order valence-corrected chi connectivity index (χ3v) is 2.84. The highest BCUT2D eigenvalue weighted by Gasteiger charge is 2.19. The zero-order valence-electron chi connectivity index (χ0n) is 8.37. The van der Waals surface area contributed by atoms with Gasteiger partial charge >= 0.3 is 0 Å². The predicted molar refractivity (Wildman–Crippen MR) is 60.6 cm³/mol. The third-order valence-electron chi connectivity index (χ3n) is 2.19. The van der Waals surface area contributed by atoms with Crippen molar-refractivity contribution in [1.82, 2.24) is 5.32 Å². The maximum atomic E-state index is 5.40. The molecule has 0 aliphatic rings. The first kappa shape index (κ1) is 10.5. The normalized spacial score (nSPS) is 12.9. The highest BCUT2D eigenvalue weighted by Crippen LogP contribution is 2.29. The molecule has 0 aromatic carbocycles. The van der Waals surface area contributed by atoms with Crippen LogP contribution < -0.4 is 5.32 Å². The van der Waals surface area contributed by atoms with E-state index in [4.69, 9.17) is 8.83 Å². The van der Waals surface area contributed by atoms with Gasteiger partial charge in [0.25, 0.3) is 0 Å². The minimum absolute atomic E-state index is 0.0399. The van der Waals surface area contributed by atoms with E-state index in [1.54, 1.807) is 12.5 Å². The van der Waals surface area contributed by atoms with Crippen molar-refractivity contribution in [1.29, 1.82) is 0 Å². The Labute approximate surface area is 96.6 Å². The van der Waals surface area contributed by atoms with Gasteiger partial charge in [-0.05, 0) is 40.7 Å². The Hall–Kier alpha value is -1.00. The molecular weight excluding hydrogens is 258 g/mol. The maximum absolute atomic E-state index is 5.40. The highest BCUT2D eigenvalue weighted by molar-refractivity contribution is 9.10. The molecule has 0 bridgehead atoms. The number of halogens is 1. The van der Waals surface area contributed by atoms with E-state index in [0.717, 1.165) is 22.5 Å². The molecule has 0 amide bonds. The monoisotopic (exact) mass is 269 g/mol. The van der Waals surface area contributed by atoms with Gasteiger partial charge in [0.05, 0.1) is 18.6 Å². The van der Waals surface area contributed by atoms with Gasteiger partial charge in [-0.3, -0.25) is 0 Å². The van der Waals surface area contributed by atoms with Gasteiger partial charge in [-0.25, -0.2) is 0 Å². The Kier molecular flexibility index (Phi) is 3.28. The van der Waals surface area contributed by atoms with Crippen LogP contribution in [-0.2, 0) is 0 Å². The first-order valence-electron chi connectivity index (χ1n) is 4.82. The third kappa shape index (κ3) is 2.16. The van der Waals surface area contributed by atoms with Gasteiger partial charge in [0.15, 0.2) is 4.67 Å². The van der Waals surface area contributed by atoms with Crippen molar-refractivity contribution >= 4 is 15.9 Å². The quantitative estimate of drug-likeness (QED) is 0.926. The van der Waals surface area contributed by atoms with Gasteiger partial charge < -0.3 is 14.2 Å². The molecular formula is C11H12BrNO2. The lowest BCUT2D eigenvalue weighted by molar-refractivity contribution is 0.445. The zero-order chi connectivity index (χ0) is 10.7. The fourth-order valence-electron chi connectivity index (χ4n) is 1.53. The van der Waals surface area contributed by atoms with Crippen LogP contribution in [-0.4, -0.2) is 6.54 Å². The molecule has 1 unspecified atom stereocenters. The summed E-state index contributed by atoms with van der Waals surface area (Å²) in [5, 5.41) is 3.34. The summed E-state index contributed by atoms with van der Waals surface area (Å²) in [6, 6.07) is 5.80. The summed E-state index contributed by atoms with van der Waals surface area (Å²) in [7, 11) is 0. The number of nitrogens with one attached hydrogen (secondary N) is 1. The van der Waals surface area contributed by atoms with E-state index in [0.29, 0.717) is 0 Å². The Morgan fingerprint density at radius 3 is 2.73 bits per heavy atom. The van der Waals surface area contributed by atoms with Crippen LogP contribution >= 0.6 is 15.9 Å². The summed E-state index contributed by atoms with van der Waals surface area (Å²) in [6.07, 6.45) is 3.33. The smallest absolute Gasteiger partial charge is 0.174 e. The minimum atomic E-state index is 0.0399. The van der Waals surface area contributed by atoms with Crippen molar-refractivity contribution in [2.24, 2.45) is 0 Å². The zero-order valence-corrected chi connectivity index (χ0v) is 9.95. The molecule has 15 heavy (non-hydrogen) atoms. The molecule has 0 saturated heterocycles. The van der Waals surface area contributed by atoms with Gasteiger partial charge in [0.1, 0.15) is 5.76 Å². The molecule has 0 aliphatic carbocycles. The maximum Gasteiger partial charge on any atom is 0.174 e. The molecule has 2 heterocycles. The lowest BCUT2D eigenvalue weighted by Crippen LogP contribution is -2.21. The number of hydrogen-bond acceptors (Lipinski definition) is 3. The molecule has 2 aromatic rings. The molecule has 2 rings (SSSR count). The molecule has 3 nitrogen and oxygen atoms in total. The molecule has 0 fully saturated rings. The summed E-state index contributed by atoms with van der Waals surface area (Å²) in [5.74, 6) is 0.888. The Morgan fingerprint density at radius 2 is 2.20 bits per heavy atom. The van der Waals surface area contributed by atoms with Crippen LogP contribution in [0, 0.1) is 0 Å². The van der Waals surface area contributed by atoms with Gasteiger partial charge in [0, 0.05) is 5.56 Å². The summed E-state index contributed by atoms with van der Waals surface area (Å²) in [4.78, 5) is 0. The molecule has 0 aliphatic heterocycles. The van der Waals surface area contributed by atoms with E-state index in [1.165, 1.54) is 0 Å². The van der Waals surface area contributed by atoms with E-state index < -0.39 is 0 Å². The largest absolute Gasteiger partial charge is 0.467 e. The van der Waals surface area contributed by atoms with Crippen molar-refractivity contribution in [3.8, 4) is 0 Å². The second kappa shape index (κ2) is 4.68. The van der Waals surface area contributed by atoms with E-state index >= 15 is 0 Å². The molecule has 0 saturated carbocycles. The summed E-state index contributed by atoms with van der Waals surface area (Å²) >= 11 is 3.37. The second-order valence-electron chi connectivity index (χ2n) is 3.16. The van der Waals surface area contributed by atoms with E-state index in [2.05, 4.69) is 28.2 Å². The fraction of sp³-hybridized carbons (Fsp3) is 0.273. The highest BCUT2D eigenvalue weighted by atomic mass is 79.9. The van der Waals surface area contributed by atoms with Gasteiger partial charge in [0.2, 0.25) is 0 Å². The number of furan rings is 2.